The molecule has 2 aromatic carbocycles. The number of aromatic nitrogens is 5. The second kappa shape index (κ2) is 7.70. The van der Waals surface area contributed by atoms with Crippen LogP contribution in [0.5, 0.6) is 0 Å². The molecule has 0 radical (unpaired) electrons. The van der Waals surface area contributed by atoms with Crippen LogP contribution in [-0.2, 0) is 19.2 Å². The highest BCUT2D eigenvalue weighted by molar-refractivity contribution is 7.98. The van der Waals surface area contributed by atoms with Crippen LogP contribution in [0.25, 0.3) is 27.3 Å². The van der Waals surface area contributed by atoms with E-state index < -0.39 is 0 Å². The summed E-state index contributed by atoms with van der Waals surface area (Å²) in [6.45, 7) is 2.16. The molecule has 0 bridgehead atoms. The molecule has 5 aromatic rings. The van der Waals surface area contributed by atoms with Gasteiger partial charge in [-0.3, -0.25) is 13.8 Å². The van der Waals surface area contributed by atoms with Crippen LogP contribution in [0.2, 0.25) is 0 Å². The molecule has 0 saturated carbocycles. The van der Waals surface area contributed by atoms with Crippen molar-refractivity contribution >= 4 is 39.8 Å². The Hall–Kier alpha value is -2.97. The minimum atomic E-state index is -0.0692. The lowest BCUT2D eigenvalue weighted by Gasteiger charge is -2.07. The first-order valence-corrected chi connectivity index (χ1v) is 11.5. The van der Waals surface area contributed by atoms with Crippen molar-refractivity contribution in [3.05, 3.63) is 75.5 Å². The maximum atomic E-state index is 12.6. The van der Waals surface area contributed by atoms with Gasteiger partial charge in [-0.1, -0.05) is 55.1 Å². The molecule has 0 spiro atoms. The van der Waals surface area contributed by atoms with Crippen molar-refractivity contribution in [3.8, 4) is 10.6 Å². The van der Waals surface area contributed by atoms with Crippen molar-refractivity contribution in [1.82, 2.24) is 24.1 Å². The number of thioether (sulfide) groups is 1. The van der Waals surface area contributed by atoms with Gasteiger partial charge in [0.05, 0.1) is 16.6 Å². The van der Waals surface area contributed by atoms with Crippen LogP contribution in [0, 0.1) is 0 Å². The summed E-state index contributed by atoms with van der Waals surface area (Å²) in [5.41, 5.74) is 4.22. The molecule has 6 nitrogen and oxygen atoms in total. The second-order valence-electron chi connectivity index (χ2n) is 6.98. The zero-order valence-electron chi connectivity index (χ0n) is 16.6. The summed E-state index contributed by atoms with van der Waals surface area (Å²) in [6, 6.07) is 16.1. The van der Waals surface area contributed by atoms with Gasteiger partial charge in [-0.2, -0.15) is 0 Å². The summed E-state index contributed by atoms with van der Waals surface area (Å²) in [6.07, 6.45) is 1.03. The van der Waals surface area contributed by atoms with Crippen LogP contribution in [0.15, 0.2) is 63.9 Å². The molecule has 0 aliphatic heterocycles. The van der Waals surface area contributed by atoms with E-state index in [-0.39, 0.29) is 5.56 Å². The van der Waals surface area contributed by atoms with Gasteiger partial charge in [0.15, 0.2) is 5.16 Å². The van der Waals surface area contributed by atoms with E-state index in [1.807, 2.05) is 28.7 Å². The van der Waals surface area contributed by atoms with Crippen LogP contribution < -0.4 is 5.56 Å². The molecule has 0 saturated heterocycles. The number of thiazole rings is 1. The molecule has 0 unspecified atom stereocenters. The van der Waals surface area contributed by atoms with Crippen molar-refractivity contribution in [2.45, 2.75) is 24.3 Å². The number of para-hydroxylation sites is 1. The maximum Gasteiger partial charge on any atom is 0.262 e. The van der Waals surface area contributed by atoms with E-state index >= 15 is 0 Å². The van der Waals surface area contributed by atoms with E-state index in [4.69, 9.17) is 4.98 Å². The SMILES string of the molecule is CCc1ccc(-c2nc(CSc3nnc4n(C)c(=O)c5ccccc5n34)cs2)cc1. The highest BCUT2D eigenvalue weighted by Gasteiger charge is 2.15. The summed E-state index contributed by atoms with van der Waals surface area (Å²) < 4.78 is 3.48. The largest absolute Gasteiger partial charge is 0.279 e. The molecule has 150 valence electrons. The van der Waals surface area contributed by atoms with Gasteiger partial charge in [0.25, 0.3) is 5.56 Å². The zero-order valence-corrected chi connectivity index (χ0v) is 18.2. The lowest BCUT2D eigenvalue weighted by Crippen LogP contribution is -2.20. The minimum absolute atomic E-state index is 0.0692. The topological polar surface area (TPSA) is 65.1 Å². The van der Waals surface area contributed by atoms with Crippen LogP contribution in [0.3, 0.4) is 0 Å². The Morgan fingerprint density at radius 3 is 2.67 bits per heavy atom. The van der Waals surface area contributed by atoms with Gasteiger partial charge in [-0.15, -0.1) is 21.5 Å². The molecule has 8 heteroatoms. The van der Waals surface area contributed by atoms with Crippen LogP contribution in [0.1, 0.15) is 18.2 Å². The summed E-state index contributed by atoms with van der Waals surface area (Å²) in [7, 11) is 1.73. The van der Waals surface area contributed by atoms with E-state index in [0.717, 1.165) is 33.4 Å². The molecule has 0 N–H and O–H groups in total. The van der Waals surface area contributed by atoms with Crippen LogP contribution >= 0.6 is 23.1 Å². The van der Waals surface area contributed by atoms with Gasteiger partial charge in [-0.25, -0.2) is 4.98 Å². The molecule has 0 atom stereocenters. The average molecular weight is 434 g/mol. The lowest BCUT2D eigenvalue weighted by atomic mass is 10.1. The number of benzene rings is 2. The van der Waals surface area contributed by atoms with Gasteiger partial charge in [0.2, 0.25) is 5.78 Å². The van der Waals surface area contributed by atoms with E-state index in [1.165, 1.54) is 5.56 Å². The molecule has 0 fully saturated rings. The van der Waals surface area contributed by atoms with Crippen LogP contribution in [0.4, 0.5) is 0 Å². The van der Waals surface area contributed by atoms with Crippen molar-refractivity contribution < 1.29 is 0 Å². The first-order valence-electron chi connectivity index (χ1n) is 9.65. The fourth-order valence-electron chi connectivity index (χ4n) is 3.43. The average Bonchev–Trinajstić information content (AvgIpc) is 3.43. The normalized spacial score (nSPS) is 11.5. The lowest BCUT2D eigenvalue weighted by molar-refractivity contribution is 0.853. The molecule has 3 aromatic heterocycles. The minimum Gasteiger partial charge on any atom is -0.279 e. The third-order valence-electron chi connectivity index (χ3n) is 5.11. The van der Waals surface area contributed by atoms with Crippen molar-refractivity contribution in [3.63, 3.8) is 0 Å². The maximum absolute atomic E-state index is 12.6. The fraction of sp³-hybridized carbons (Fsp3) is 0.182. The van der Waals surface area contributed by atoms with E-state index in [2.05, 4.69) is 46.8 Å². The number of rotatable bonds is 5. The summed E-state index contributed by atoms with van der Waals surface area (Å²) in [5.74, 6) is 1.22. The first kappa shape index (κ1) is 19.0. The van der Waals surface area contributed by atoms with Crippen molar-refractivity contribution in [2.24, 2.45) is 7.05 Å². The Bertz CT molecular complexity index is 1420. The number of fused-ring (bicyclic) bond motifs is 3. The predicted molar refractivity (Wildman–Crippen MR) is 122 cm³/mol. The molecule has 5 rings (SSSR count). The zero-order chi connectivity index (χ0) is 20.7. The predicted octanol–water partition coefficient (Wildman–Crippen LogP) is 4.56. The summed E-state index contributed by atoms with van der Waals surface area (Å²) in [4.78, 5) is 17.4. The molecule has 0 aliphatic rings. The number of nitrogens with zero attached hydrogens (tertiary/aromatic N) is 5. The van der Waals surface area contributed by atoms with Crippen molar-refractivity contribution in [1.29, 1.82) is 0 Å². The van der Waals surface area contributed by atoms with E-state index in [0.29, 0.717) is 16.9 Å². The Labute approximate surface area is 181 Å². The van der Waals surface area contributed by atoms with Gasteiger partial charge >= 0.3 is 0 Å². The standard InChI is InChI=1S/C22H19N5OS2/c1-3-14-8-10-15(11-9-14)19-23-16(12-29-19)13-30-22-25-24-21-26(2)20(28)17-6-4-5-7-18(17)27(21)22/h4-12H,3,13H2,1-2H3. The fourth-order valence-corrected chi connectivity index (χ4v) is 5.20. The number of hydrogen-bond donors (Lipinski definition) is 0. The Morgan fingerprint density at radius 1 is 1.07 bits per heavy atom. The smallest absolute Gasteiger partial charge is 0.262 e. The third-order valence-corrected chi connectivity index (χ3v) is 7.01. The molecular formula is C22H19N5OS2. The number of aryl methyl sites for hydroxylation is 2. The highest BCUT2D eigenvalue weighted by atomic mass is 32.2. The van der Waals surface area contributed by atoms with Gasteiger partial charge in [-0.05, 0) is 24.1 Å². The molecule has 3 heterocycles. The molecular weight excluding hydrogens is 414 g/mol. The third kappa shape index (κ3) is 3.22. The Balaban J connectivity index is 1.45. The van der Waals surface area contributed by atoms with Crippen LogP contribution in [-0.4, -0.2) is 24.1 Å². The van der Waals surface area contributed by atoms with Gasteiger partial charge in [0, 0.05) is 23.7 Å². The Kier molecular flexibility index (Phi) is 4.88. The Morgan fingerprint density at radius 2 is 1.87 bits per heavy atom. The van der Waals surface area contributed by atoms with Crippen molar-refractivity contribution in [2.75, 3.05) is 0 Å². The number of hydrogen-bond acceptors (Lipinski definition) is 6. The highest BCUT2D eigenvalue weighted by Crippen LogP contribution is 2.28. The van der Waals surface area contributed by atoms with Gasteiger partial charge < -0.3 is 0 Å². The quantitative estimate of drug-likeness (QED) is 0.380. The van der Waals surface area contributed by atoms with E-state index in [9.17, 15) is 4.79 Å². The molecule has 30 heavy (non-hydrogen) atoms. The summed E-state index contributed by atoms with van der Waals surface area (Å²) >= 11 is 3.22. The molecule has 0 aliphatic carbocycles. The van der Waals surface area contributed by atoms with Gasteiger partial charge in [0.1, 0.15) is 5.01 Å². The molecule has 0 amide bonds. The first-order chi connectivity index (χ1) is 14.7. The van der Waals surface area contributed by atoms with E-state index in [1.54, 1.807) is 34.7 Å². The monoisotopic (exact) mass is 433 g/mol. The summed E-state index contributed by atoms with van der Waals surface area (Å²) in [5, 5.41) is 13.1. The second-order valence-corrected chi connectivity index (χ2v) is 8.78.